The minimum atomic E-state index is -0.960. The maximum absolute atomic E-state index is 12.4. The average molecular weight is 469 g/mol. The van der Waals surface area contributed by atoms with E-state index in [1.165, 1.54) is 27.8 Å². The zero-order valence-electron chi connectivity index (χ0n) is 18.5. The summed E-state index contributed by atoms with van der Waals surface area (Å²) >= 11 is 1.45. The number of nitrogens with one attached hydrogen (secondary N) is 1. The van der Waals surface area contributed by atoms with E-state index in [-0.39, 0.29) is 30.9 Å². The molecular weight excluding hydrogens is 440 g/mol. The molecule has 0 aromatic heterocycles. The van der Waals surface area contributed by atoms with Crippen molar-refractivity contribution in [2.24, 2.45) is 0 Å². The third kappa shape index (κ3) is 5.16. The number of benzene rings is 2. The van der Waals surface area contributed by atoms with E-state index >= 15 is 0 Å². The molecule has 0 bridgehead atoms. The third-order valence-electron chi connectivity index (χ3n) is 6.22. The van der Waals surface area contributed by atoms with E-state index in [2.05, 4.69) is 29.6 Å². The number of hydrogen-bond donors (Lipinski definition) is 2. The van der Waals surface area contributed by atoms with Gasteiger partial charge in [-0.25, -0.2) is 9.59 Å². The van der Waals surface area contributed by atoms with Gasteiger partial charge in [0.05, 0.1) is 5.88 Å². The summed E-state index contributed by atoms with van der Waals surface area (Å²) in [5.74, 6) is -0.250. The van der Waals surface area contributed by atoms with Crippen LogP contribution in [0.1, 0.15) is 43.2 Å². The summed E-state index contributed by atoms with van der Waals surface area (Å²) < 4.78 is 5.57. The van der Waals surface area contributed by atoms with Crippen LogP contribution in [0.15, 0.2) is 48.5 Å². The molecule has 2 atom stereocenters. The van der Waals surface area contributed by atoms with E-state index in [1.807, 2.05) is 31.2 Å². The Labute approximate surface area is 197 Å². The van der Waals surface area contributed by atoms with Crippen LogP contribution in [0.4, 0.5) is 4.79 Å². The molecule has 4 rings (SSSR count). The van der Waals surface area contributed by atoms with Crippen molar-refractivity contribution in [3.8, 4) is 11.1 Å². The minimum absolute atomic E-state index is 0.0107. The van der Waals surface area contributed by atoms with Crippen LogP contribution in [0, 0.1) is 0 Å². The van der Waals surface area contributed by atoms with Crippen LogP contribution < -0.4 is 5.32 Å². The van der Waals surface area contributed by atoms with Crippen molar-refractivity contribution in [3.63, 3.8) is 0 Å². The fourth-order valence-corrected chi connectivity index (χ4v) is 5.68. The van der Waals surface area contributed by atoms with E-state index < -0.39 is 18.1 Å². The Balaban J connectivity index is 1.23. The van der Waals surface area contributed by atoms with Crippen LogP contribution in [0.3, 0.4) is 0 Å². The van der Waals surface area contributed by atoms with Gasteiger partial charge in [-0.3, -0.25) is 4.79 Å². The predicted octanol–water partition coefficient (Wildman–Crippen LogP) is 4.07. The van der Waals surface area contributed by atoms with Gasteiger partial charge in [0.2, 0.25) is 5.91 Å². The van der Waals surface area contributed by atoms with Crippen LogP contribution in [-0.4, -0.2) is 58.3 Å². The standard InChI is InChI=1S/C25H28N2O5S/c1-16(7-6-12-23(28)27-15-33-14-22(27)24(29)30)26-25(31)32-13-21-19-10-4-2-8-17(19)18-9-3-5-11-20(18)21/h2-5,8-11,16,21-22H,6-7,12-15H2,1H3,(H,26,31)(H,29,30). The Hall–Kier alpha value is -3.00. The van der Waals surface area contributed by atoms with Crippen molar-refractivity contribution in [2.75, 3.05) is 18.2 Å². The van der Waals surface area contributed by atoms with Gasteiger partial charge < -0.3 is 20.1 Å². The van der Waals surface area contributed by atoms with Gasteiger partial charge in [-0.1, -0.05) is 48.5 Å². The van der Waals surface area contributed by atoms with Crippen LogP contribution in [0.2, 0.25) is 0 Å². The van der Waals surface area contributed by atoms with Gasteiger partial charge in [0.25, 0.3) is 0 Å². The number of aliphatic carboxylic acids is 1. The summed E-state index contributed by atoms with van der Waals surface area (Å²) in [6.45, 7) is 2.13. The predicted molar refractivity (Wildman–Crippen MR) is 127 cm³/mol. The van der Waals surface area contributed by atoms with Gasteiger partial charge >= 0.3 is 12.1 Å². The van der Waals surface area contributed by atoms with E-state index in [9.17, 15) is 19.5 Å². The molecule has 8 heteroatoms. The molecule has 33 heavy (non-hydrogen) atoms. The fourth-order valence-electron chi connectivity index (χ4n) is 4.51. The first-order valence-corrected chi connectivity index (χ1v) is 12.3. The fraction of sp³-hybridized carbons (Fsp3) is 0.400. The lowest BCUT2D eigenvalue weighted by Crippen LogP contribution is -2.41. The zero-order chi connectivity index (χ0) is 23.4. The number of nitrogens with zero attached hydrogens (tertiary/aromatic N) is 1. The Bertz CT molecular complexity index is 997. The summed E-state index contributed by atoms with van der Waals surface area (Å²) in [6, 6.07) is 15.5. The molecule has 1 aliphatic carbocycles. The molecule has 2 aromatic carbocycles. The first-order valence-electron chi connectivity index (χ1n) is 11.2. The van der Waals surface area contributed by atoms with Gasteiger partial charge in [-0.15, -0.1) is 11.8 Å². The summed E-state index contributed by atoms with van der Waals surface area (Å²) in [6.07, 6.45) is 0.963. The number of carbonyl (C=O) groups excluding carboxylic acids is 2. The van der Waals surface area contributed by atoms with Crippen LogP contribution in [-0.2, 0) is 14.3 Å². The SMILES string of the molecule is CC(CCCC(=O)N1CSCC1C(=O)O)NC(=O)OCC1c2ccccc2-c2ccccc21. The molecule has 0 spiro atoms. The lowest BCUT2D eigenvalue weighted by molar-refractivity contribution is -0.147. The number of thioether (sulfide) groups is 1. The molecular formula is C25H28N2O5S. The molecule has 2 N–H and O–H groups in total. The smallest absolute Gasteiger partial charge is 0.407 e. The highest BCUT2D eigenvalue weighted by Crippen LogP contribution is 2.44. The van der Waals surface area contributed by atoms with Gasteiger partial charge in [-0.2, -0.15) is 0 Å². The van der Waals surface area contributed by atoms with Gasteiger partial charge in [0.1, 0.15) is 12.6 Å². The monoisotopic (exact) mass is 468 g/mol. The van der Waals surface area contributed by atoms with E-state index in [0.717, 1.165) is 11.1 Å². The van der Waals surface area contributed by atoms with Crippen molar-refractivity contribution in [3.05, 3.63) is 59.7 Å². The van der Waals surface area contributed by atoms with Gasteiger partial charge in [0.15, 0.2) is 0 Å². The average Bonchev–Trinajstić information content (AvgIpc) is 3.41. The molecule has 174 valence electrons. The van der Waals surface area contributed by atoms with Crippen molar-refractivity contribution in [1.82, 2.24) is 10.2 Å². The maximum atomic E-state index is 12.4. The number of ether oxygens (including phenoxy) is 1. The van der Waals surface area contributed by atoms with E-state index in [0.29, 0.717) is 24.5 Å². The molecule has 1 saturated heterocycles. The summed E-state index contributed by atoms with van der Waals surface area (Å²) in [5, 5.41) is 12.1. The van der Waals surface area contributed by atoms with Gasteiger partial charge in [-0.05, 0) is 42.0 Å². The lowest BCUT2D eigenvalue weighted by atomic mass is 9.98. The van der Waals surface area contributed by atoms with Crippen LogP contribution in [0.25, 0.3) is 11.1 Å². The largest absolute Gasteiger partial charge is 0.480 e. The van der Waals surface area contributed by atoms with Crippen LogP contribution in [0.5, 0.6) is 0 Å². The van der Waals surface area contributed by atoms with Gasteiger partial charge in [0, 0.05) is 24.1 Å². The van der Waals surface area contributed by atoms with Crippen molar-refractivity contribution in [1.29, 1.82) is 0 Å². The Morgan fingerprint density at radius 2 is 1.76 bits per heavy atom. The van der Waals surface area contributed by atoms with E-state index in [4.69, 9.17) is 4.74 Å². The quantitative estimate of drug-likeness (QED) is 0.606. The van der Waals surface area contributed by atoms with Crippen molar-refractivity contribution >= 4 is 29.7 Å². The maximum Gasteiger partial charge on any atom is 0.407 e. The second-order valence-electron chi connectivity index (χ2n) is 8.48. The molecule has 2 aromatic rings. The highest BCUT2D eigenvalue weighted by atomic mass is 32.2. The van der Waals surface area contributed by atoms with Crippen molar-refractivity contribution < 1.29 is 24.2 Å². The number of hydrogen-bond acceptors (Lipinski definition) is 5. The highest BCUT2D eigenvalue weighted by molar-refractivity contribution is 7.99. The molecule has 2 aliphatic rings. The summed E-state index contributed by atoms with van der Waals surface area (Å²) in [7, 11) is 0. The van der Waals surface area contributed by atoms with E-state index in [1.54, 1.807) is 0 Å². The molecule has 1 aliphatic heterocycles. The molecule has 0 radical (unpaired) electrons. The number of alkyl carbamates (subject to hydrolysis) is 1. The topological polar surface area (TPSA) is 95.9 Å². The molecule has 7 nitrogen and oxygen atoms in total. The Morgan fingerprint density at radius 1 is 1.12 bits per heavy atom. The second-order valence-corrected chi connectivity index (χ2v) is 9.48. The molecule has 1 heterocycles. The summed E-state index contributed by atoms with van der Waals surface area (Å²) in [5.41, 5.74) is 4.69. The Kier molecular flexibility index (Phi) is 7.23. The first kappa shape index (κ1) is 23.2. The first-order chi connectivity index (χ1) is 16.0. The second kappa shape index (κ2) is 10.3. The zero-order valence-corrected chi connectivity index (χ0v) is 19.3. The number of amides is 2. The number of fused-ring (bicyclic) bond motifs is 3. The lowest BCUT2D eigenvalue weighted by Gasteiger charge is -2.21. The van der Waals surface area contributed by atoms with Crippen LogP contribution >= 0.6 is 11.8 Å². The number of carbonyl (C=O) groups is 3. The third-order valence-corrected chi connectivity index (χ3v) is 7.24. The highest BCUT2D eigenvalue weighted by Gasteiger charge is 2.34. The molecule has 1 fully saturated rings. The minimum Gasteiger partial charge on any atom is -0.480 e. The van der Waals surface area contributed by atoms with Crippen molar-refractivity contribution in [2.45, 2.75) is 44.2 Å². The number of carboxylic acid groups (broad SMARTS) is 1. The Morgan fingerprint density at radius 3 is 2.39 bits per heavy atom. The molecule has 2 amide bonds. The normalized spacial score (nSPS) is 17.8. The number of carboxylic acids is 1. The number of rotatable bonds is 8. The molecule has 0 saturated carbocycles. The summed E-state index contributed by atoms with van der Waals surface area (Å²) in [4.78, 5) is 37.4. The molecule has 2 unspecified atom stereocenters.